The molecule has 1 rings (SSSR count). The van der Waals surface area contributed by atoms with E-state index < -0.39 is 30.6 Å². The zero-order valence-electron chi connectivity index (χ0n) is 10.3. The van der Waals surface area contributed by atoms with Gasteiger partial charge in [-0.25, -0.2) is 0 Å². The lowest BCUT2D eigenvalue weighted by atomic mass is 9.92. The molecule has 1 atom stereocenters. The first-order valence-corrected chi connectivity index (χ1v) is 5.43. The molecule has 1 amide bonds. The molecule has 1 unspecified atom stereocenters. The Bertz CT molecular complexity index is 407. The Labute approximate surface area is 115 Å². The highest BCUT2D eigenvalue weighted by Gasteiger charge is 2.32. The van der Waals surface area contributed by atoms with E-state index in [0.29, 0.717) is 5.56 Å². The zero-order valence-corrected chi connectivity index (χ0v) is 11.1. The molecule has 0 aliphatic rings. The second kappa shape index (κ2) is 6.77. The van der Waals surface area contributed by atoms with E-state index in [1.54, 1.807) is 30.3 Å². The van der Waals surface area contributed by atoms with Crippen molar-refractivity contribution in [2.75, 3.05) is 6.54 Å². The standard InChI is InChI=1S/C12H15F3N2O.ClH/c1-11(16,9-5-3-2-4-6-9)10(18)17-8-7-12(13,14)15;/h2-6H,7-8,16H2,1H3,(H,17,18);1H. The number of hydrogen-bond donors (Lipinski definition) is 2. The first-order valence-electron chi connectivity index (χ1n) is 5.43. The minimum Gasteiger partial charge on any atom is -0.354 e. The van der Waals surface area contributed by atoms with E-state index in [4.69, 9.17) is 5.73 Å². The predicted octanol–water partition coefficient (Wildman–Crippen LogP) is 2.35. The molecule has 0 bridgehead atoms. The van der Waals surface area contributed by atoms with Crippen molar-refractivity contribution in [3.63, 3.8) is 0 Å². The number of nitrogens with one attached hydrogen (secondary N) is 1. The van der Waals surface area contributed by atoms with Gasteiger partial charge < -0.3 is 11.1 Å². The Hall–Kier alpha value is -1.27. The van der Waals surface area contributed by atoms with Crippen molar-refractivity contribution in [3.05, 3.63) is 35.9 Å². The minimum atomic E-state index is -4.29. The Kier molecular flexibility index (Phi) is 6.32. The number of halogens is 4. The second-order valence-corrected chi connectivity index (χ2v) is 4.19. The molecule has 3 N–H and O–H groups in total. The van der Waals surface area contributed by atoms with Crippen LogP contribution in [0.25, 0.3) is 0 Å². The third-order valence-corrected chi connectivity index (χ3v) is 2.54. The summed E-state index contributed by atoms with van der Waals surface area (Å²) in [6.07, 6.45) is -5.35. The lowest BCUT2D eigenvalue weighted by Crippen LogP contribution is -2.49. The molecule has 108 valence electrons. The van der Waals surface area contributed by atoms with Crippen LogP contribution in [0.2, 0.25) is 0 Å². The molecule has 0 aliphatic carbocycles. The van der Waals surface area contributed by atoms with E-state index in [1.165, 1.54) is 6.92 Å². The molecule has 1 aromatic rings. The Balaban J connectivity index is 0.00000324. The van der Waals surface area contributed by atoms with E-state index in [9.17, 15) is 18.0 Å². The zero-order chi connectivity index (χ0) is 13.8. The quantitative estimate of drug-likeness (QED) is 0.896. The van der Waals surface area contributed by atoms with Crippen molar-refractivity contribution < 1.29 is 18.0 Å². The first kappa shape index (κ1) is 17.7. The molecule has 0 fully saturated rings. The third kappa shape index (κ3) is 5.48. The summed E-state index contributed by atoms with van der Waals surface area (Å²) in [6.45, 7) is 0.993. The summed E-state index contributed by atoms with van der Waals surface area (Å²) in [5.41, 5.74) is 5.05. The molecule has 0 saturated heterocycles. The van der Waals surface area contributed by atoms with Crippen molar-refractivity contribution >= 4 is 18.3 Å². The topological polar surface area (TPSA) is 55.1 Å². The van der Waals surface area contributed by atoms with Crippen LogP contribution in [0.5, 0.6) is 0 Å². The number of nitrogens with two attached hydrogens (primary N) is 1. The molecule has 0 aliphatic heterocycles. The van der Waals surface area contributed by atoms with Crippen LogP contribution < -0.4 is 11.1 Å². The highest BCUT2D eigenvalue weighted by Crippen LogP contribution is 2.20. The molecule has 0 aromatic heterocycles. The van der Waals surface area contributed by atoms with Crippen LogP contribution in [0.1, 0.15) is 18.9 Å². The van der Waals surface area contributed by atoms with Gasteiger partial charge in [0.2, 0.25) is 5.91 Å². The summed E-state index contributed by atoms with van der Waals surface area (Å²) in [6, 6.07) is 8.50. The molecular weight excluding hydrogens is 281 g/mol. The molecule has 3 nitrogen and oxygen atoms in total. The third-order valence-electron chi connectivity index (χ3n) is 2.54. The number of rotatable bonds is 4. The monoisotopic (exact) mass is 296 g/mol. The minimum absolute atomic E-state index is 0. The highest BCUT2D eigenvalue weighted by atomic mass is 35.5. The summed E-state index contributed by atoms with van der Waals surface area (Å²) in [5.74, 6) is -0.627. The molecule has 7 heteroatoms. The Morgan fingerprint density at radius 2 is 1.79 bits per heavy atom. The van der Waals surface area contributed by atoms with Gasteiger partial charge in [-0.05, 0) is 12.5 Å². The van der Waals surface area contributed by atoms with E-state index in [2.05, 4.69) is 5.32 Å². The molecule has 0 heterocycles. The fourth-order valence-corrected chi connectivity index (χ4v) is 1.42. The van der Waals surface area contributed by atoms with Crippen LogP contribution >= 0.6 is 12.4 Å². The van der Waals surface area contributed by atoms with E-state index >= 15 is 0 Å². The van der Waals surface area contributed by atoms with Crippen molar-refractivity contribution in [2.45, 2.75) is 25.1 Å². The van der Waals surface area contributed by atoms with Gasteiger partial charge in [-0.1, -0.05) is 30.3 Å². The van der Waals surface area contributed by atoms with Crippen molar-refractivity contribution in [2.24, 2.45) is 5.73 Å². The lowest BCUT2D eigenvalue weighted by molar-refractivity contribution is -0.136. The van der Waals surface area contributed by atoms with Gasteiger partial charge in [0.15, 0.2) is 0 Å². The molecule has 0 spiro atoms. The van der Waals surface area contributed by atoms with Crippen LogP contribution in [0, 0.1) is 0 Å². The second-order valence-electron chi connectivity index (χ2n) is 4.19. The summed E-state index contributed by atoms with van der Waals surface area (Å²) < 4.78 is 35.8. The van der Waals surface area contributed by atoms with Crippen molar-refractivity contribution in [1.29, 1.82) is 0 Å². The van der Waals surface area contributed by atoms with E-state index in [0.717, 1.165) is 0 Å². The largest absolute Gasteiger partial charge is 0.390 e. The van der Waals surface area contributed by atoms with E-state index in [-0.39, 0.29) is 12.4 Å². The van der Waals surface area contributed by atoms with Gasteiger partial charge in [-0.3, -0.25) is 4.79 Å². The molecule has 19 heavy (non-hydrogen) atoms. The lowest BCUT2D eigenvalue weighted by Gasteiger charge is -2.24. The van der Waals surface area contributed by atoms with Gasteiger partial charge in [0.1, 0.15) is 5.54 Å². The molecule has 0 saturated carbocycles. The van der Waals surface area contributed by atoms with Gasteiger partial charge in [-0.2, -0.15) is 13.2 Å². The summed E-state index contributed by atoms with van der Waals surface area (Å²) in [7, 11) is 0. The predicted molar refractivity (Wildman–Crippen MR) is 68.9 cm³/mol. The average Bonchev–Trinajstić information content (AvgIpc) is 2.28. The SMILES string of the molecule is CC(N)(C(=O)NCCC(F)(F)F)c1ccccc1.Cl. The Morgan fingerprint density at radius 1 is 1.26 bits per heavy atom. The Morgan fingerprint density at radius 3 is 2.26 bits per heavy atom. The number of benzene rings is 1. The van der Waals surface area contributed by atoms with Crippen molar-refractivity contribution in [1.82, 2.24) is 5.32 Å². The fourth-order valence-electron chi connectivity index (χ4n) is 1.42. The van der Waals surface area contributed by atoms with Gasteiger partial charge >= 0.3 is 6.18 Å². The highest BCUT2D eigenvalue weighted by molar-refractivity contribution is 5.86. The summed E-state index contributed by atoms with van der Waals surface area (Å²) in [5, 5.41) is 2.19. The van der Waals surface area contributed by atoms with Crippen LogP contribution in [0.3, 0.4) is 0 Å². The molecule has 0 radical (unpaired) electrons. The number of carbonyl (C=O) groups excluding carboxylic acids is 1. The average molecular weight is 297 g/mol. The van der Waals surface area contributed by atoms with Crippen LogP contribution in [0.15, 0.2) is 30.3 Å². The van der Waals surface area contributed by atoms with Gasteiger partial charge in [0, 0.05) is 6.54 Å². The normalized spacial score (nSPS) is 14.2. The number of hydrogen-bond acceptors (Lipinski definition) is 2. The van der Waals surface area contributed by atoms with Crippen LogP contribution in [-0.4, -0.2) is 18.6 Å². The number of carbonyl (C=O) groups is 1. The molecular formula is C12H16ClF3N2O. The van der Waals surface area contributed by atoms with Crippen LogP contribution in [0.4, 0.5) is 13.2 Å². The summed E-state index contributed by atoms with van der Waals surface area (Å²) >= 11 is 0. The van der Waals surface area contributed by atoms with Crippen molar-refractivity contribution in [3.8, 4) is 0 Å². The summed E-state index contributed by atoms with van der Waals surface area (Å²) in [4.78, 5) is 11.7. The maximum Gasteiger partial charge on any atom is 0.390 e. The molecule has 1 aromatic carbocycles. The fraction of sp³-hybridized carbons (Fsp3) is 0.417. The van der Waals surface area contributed by atoms with Gasteiger partial charge in [-0.15, -0.1) is 12.4 Å². The number of alkyl halides is 3. The maximum absolute atomic E-state index is 11.9. The number of amides is 1. The first-order chi connectivity index (χ1) is 8.23. The van der Waals surface area contributed by atoms with E-state index in [1.807, 2.05) is 0 Å². The van der Waals surface area contributed by atoms with Gasteiger partial charge in [0.25, 0.3) is 0 Å². The maximum atomic E-state index is 11.9. The smallest absolute Gasteiger partial charge is 0.354 e. The van der Waals surface area contributed by atoms with Gasteiger partial charge in [0.05, 0.1) is 6.42 Å². The van der Waals surface area contributed by atoms with Crippen LogP contribution in [-0.2, 0) is 10.3 Å².